The molecule has 0 spiro atoms. The second-order valence-corrected chi connectivity index (χ2v) is 7.32. The van der Waals surface area contributed by atoms with E-state index in [1.165, 1.54) is 12.1 Å². The Kier molecular flexibility index (Phi) is 5.35. The number of hydrogen-bond acceptors (Lipinski definition) is 6. The number of aromatic nitrogens is 2. The van der Waals surface area contributed by atoms with Gasteiger partial charge in [-0.2, -0.15) is 13.2 Å². The Balaban J connectivity index is 1.65. The summed E-state index contributed by atoms with van der Waals surface area (Å²) in [6.07, 6.45) is -5.16. The monoisotopic (exact) mass is 419 g/mol. The van der Waals surface area contributed by atoms with Crippen molar-refractivity contribution in [2.24, 2.45) is 0 Å². The number of nitrogens with zero attached hydrogens (tertiary/aromatic N) is 2. The van der Waals surface area contributed by atoms with Crippen molar-refractivity contribution in [2.45, 2.75) is 24.3 Å². The molecule has 3 N–H and O–H groups in total. The first-order valence-electron chi connectivity index (χ1n) is 9.43. The largest absolute Gasteiger partial charge is 0.416 e. The van der Waals surface area contributed by atoms with Gasteiger partial charge < -0.3 is 20.3 Å². The number of rotatable bonds is 4. The third-order valence-corrected chi connectivity index (χ3v) is 5.31. The molecule has 1 fully saturated rings. The zero-order chi connectivity index (χ0) is 21.4. The van der Waals surface area contributed by atoms with Crippen LogP contribution >= 0.6 is 0 Å². The molecule has 2 atom stereocenters. The van der Waals surface area contributed by atoms with E-state index in [-0.39, 0.29) is 19.6 Å². The molecule has 4 rings (SSSR count). The fourth-order valence-electron chi connectivity index (χ4n) is 3.47. The van der Waals surface area contributed by atoms with Crippen LogP contribution in [-0.2, 0) is 10.9 Å². The lowest BCUT2D eigenvalue weighted by Gasteiger charge is -2.36. The van der Waals surface area contributed by atoms with Gasteiger partial charge >= 0.3 is 6.18 Å². The Morgan fingerprint density at radius 2 is 1.77 bits per heavy atom. The van der Waals surface area contributed by atoms with E-state index in [9.17, 15) is 23.4 Å². The average Bonchev–Trinajstić information content (AvgIpc) is 2.74. The summed E-state index contributed by atoms with van der Waals surface area (Å²) in [6, 6.07) is 12.0. The standard InChI is InChI=1S/C21H20F3N3O3/c22-21(23,24)14-7-5-13(6-8-14)18-15-3-1-2-4-16(15)19(27-26-18)25-12-20(29)9-10-30-11-17(20)28/h1-8,17,28-29H,9-12H2,(H,25,27). The molecule has 0 bridgehead atoms. The summed E-state index contributed by atoms with van der Waals surface area (Å²) in [5.74, 6) is 0.411. The fourth-order valence-corrected chi connectivity index (χ4v) is 3.47. The molecule has 3 aromatic rings. The van der Waals surface area contributed by atoms with Crippen LogP contribution < -0.4 is 5.32 Å². The van der Waals surface area contributed by atoms with Crippen LogP contribution in [0.25, 0.3) is 22.0 Å². The maximum absolute atomic E-state index is 12.8. The minimum absolute atomic E-state index is 0.0514. The van der Waals surface area contributed by atoms with Crippen molar-refractivity contribution in [3.05, 3.63) is 54.1 Å². The number of ether oxygens (including phenoxy) is 1. The van der Waals surface area contributed by atoms with Crippen LogP contribution in [0.3, 0.4) is 0 Å². The van der Waals surface area contributed by atoms with Gasteiger partial charge in [0.05, 0.1) is 12.2 Å². The molecule has 1 aromatic heterocycles. The van der Waals surface area contributed by atoms with E-state index in [0.717, 1.165) is 12.1 Å². The predicted octanol–water partition coefficient (Wildman–Crippen LogP) is 3.24. The first-order valence-corrected chi connectivity index (χ1v) is 9.43. The van der Waals surface area contributed by atoms with Crippen LogP contribution in [0.4, 0.5) is 19.0 Å². The number of alkyl halides is 3. The van der Waals surface area contributed by atoms with Crippen molar-refractivity contribution in [3.63, 3.8) is 0 Å². The van der Waals surface area contributed by atoms with Gasteiger partial charge in [0.15, 0.2) is 5.82 Å². The maximum Gasteiger partial charge on any atom is 0.416 e. The molecule has 2 aromatic carbocycles. The average molecular weight is 419 g/mol. The third-order valence-electron chi connectivity index (χ3n) is 5.31. The third kappa shape index (κ3) is 3.96. The predicted molar refractivity (Wildman–Crippen MR) is 105 cm³/mol. The van der Waals surface area contributed by atoms with Crippen LogP contribution in [0.5, 0.6) is 0 Å². The van der Waals surface area contributed by atoms with Gasteiger partial charge in [0.1, 0.15) is 17.4 Å². The zero-order valence-corrected chi connectivity index (χ0v) is 15.9. The fraction of sp³-hybridized carbons (Fsp3) is 0.333. The highest BCUT2D eigenvalue weighted by Crippen LogP contribution is 2.33. The number of aliphatic hydroxyl groups excluding tert-OH is 1. The van der Waals surface area contributed by atoms with E-state index in [4.69, 9.17) is 4.74 Å². The van der Waals surface area contributed by atoms with E-state index < -0.39 is 23.4 Å². The molecule has 0 aliphatic carbocycles. The number of anilines is 1. The van der Waals surface area contributed by atoms with Gasteiger partial charge in [0.2, 0.25) is 0 Å². The van der Waals surface area contributed by atoms with Gasteiger partial charge in [-0.05, 0) is 12.1 Å². The van der Waals surface area contributed by atoms with Crippen molar-refractivity contribution < 1.29 is 28.1 Å². The molecule has 158 valence electrons. The lowest BCUT2D eigenvalue weighted by atomic mass is 9.91. The van der Waals surface area contributed by atoms with Gasteiger partial charge in [-0.1, -0.05) is 36.4 Å². The highest BCUT2D eigenvalue weighted by atomic mass is 19.4. The van der Waals surface area contributed by atoms with Gasteiger partial charge in [0, 0.05) is 35.9 Å². The van der Waals surface area contributed by atoms with E-state index in [1.54, 1.807) is 12.1 Å². The number of nitrogens with one attached hydrogen (secondary N) is 1. The van der Waals surface area contributed by atoms with Crippen LogP contribution in [0.1, 0.15) is 12.0 Å². The highest BCUT2D eigenvalue weighted by molar-refractivity contribution is 6.00. The number of benzene rings is 2. The molecule has 30 heavy (non-hydrogen) atoms. The van der Waals surface area contributed by atoms with Gasteiger partial charge in [0.25, 0.3) is 0 Å². The van der Waals surface area contributed by atoms with Gasteiger partial charge in [-0.3, -0.25) is 0 Å². The normalized spacial score (nSPS) is 22.2. The Bertz CT molecular complexity index is 1040. The second kappa shape index (κ2) is 7.82. The molecule has 6 nitrogen and oxygen atoms in total. The molecule has 9 heteroatoms. The summed E-state index contributed by atoms with van der Waals surface area (Å²) in [4.78, 5) is 0. The van der Waals surface area contributed by atoms with Crippen LogP contribution in [-0.4, -0.2) is 51.9 Å². The van der Waals surface area contributed by atoms with Crippen molar-refractivity contribution >= 4 is 16.6 Å². The number of halogens is 3. The summed E-state index contributed by atoms with van der Waals surface area (Å²) in [5.41, 5.74) is -1.12. The number of aliphatic hydroxyl groups is 2. The smallest absolute Gasteiger partial charge is 0.388 e. The molecule has 0 radical (unpaired) electrons. The SMILES string of the molecule is OC1COCCC1(O)CNc1nnc(-c2ccc(C(F)(F)F)cc2)c2ccccc12. The Labute approximate surface area is 170 Å². The maximum atomic E-state index is 12.8. The molecule has 2 unspecified atom stereocenters. The van der Waals surface area contributed by atoms with Crippen LogP contribution in [0.2, 0.25) is 0 Å². The van der Waals surface area contributed by atoms with E-state index in [2.05, 4.69) is 15.5 Å². The first kappa shape index (κ1) is 20.5. The molecular formula is C21H20F3N3O3. The second-order valence-electron chi connectivity index (χ2n) is 7.32. The minimum Gasteiger partial charge on any atom is -0.388 e. The summed E-state index contributed by atoms with van der Waals surface area (Å²) < 4.78 is 43.7. The molecule has 1 aliphatic rings. The number of hydrogen-bond donors (Lipinski definition) is 3. The highest BCUT2D eigenvalue weighted by Gasteiger charge is 2.38. The van der Waals surface area contributed by atoms with Crippen molar-refractivity contribution in [1.29, 1.82) is 0 Å². The molecule has 2 heterocycles. The van der Waals surface area contributed by atoms with E-state index >= 15 is 0 Å². The Hall–Kier alpha value is -2.75. The van der Waals surface area contributed by atoms with Crippen LogP contribution in [0.15, 0.2) is 48.5 Å². The van der Waals surface area contributed by atoms with Crippen LogP contribution in [0, 0.1) is 0 Å². The van der Waals surface area contributed by atoms with Crippen molar-refractivity contribution in [2.75, 3.05) is 25.1 Å². The zero-order valence-electron chi connectivity index (χ0n) is 15.9. The van der Waals surface area contributed by atoms with Gasteiger partial charge in [-0.15, -0.1) is 10.2 Å². The number of fused-ring (bicyclic) bond motifs is 1. The van der Waals surface area contributed by atoms with E-state index in [1.807, 2.05) is 12.1 Å². The lowest BCUT2D eigenvalue weighted by Crippen LogP contribution is -2.53. The summed E-state index contributed by atoms with van der Waals surface area (Å²) in [6.45, 7) is 0.446. The van der Waals surface area contributed by atoms with E-state index in [0.29, 0.717) is 34.5 Å². The summed E-state index contributed by atoms with van der Waals surface area (Å²) in [5, 5.41) is 33.6. The first-order chi connectivity index (χ1) is 14.3. The summed E-state index contributed by atoms with van der Waals surface area (Å²) >= 11 is 0. The molecule has 1 saturated heterocycles. The topological polar surface area (TPSA) is 87.5 Å². The summed E-state index contributed by atoms with van der Waals surface area (Å²) in [7, 11) is 0. The molecule has 0 amide bonds. The Morgan fingerprint density at radius 1 is 1.07 bits per heavy atom. The molecule has 1 aliphatic heterocycles. The van der Waals surface area contributed by atoms with Crippen molar-refractivity contribution in [3.8, 4) is 11.3 Å². The molecule has 0 saturated carbocycles. The lowest BCUT2D eigenvalue weighted by molar-refractivity contribution is -0.145. The Morgan fingerprint density at radius 3 is 2.43 bits per heavy atom. The molecular weight excluding hydrogens is 399 g/mol. The quantitative estimate of drug-likeness (QED) is 0.602. The minimum atomic E-state index is -4.41. The van der Waals surface area contributed by atoms with Crippen molar-refractivity contribution in [1.82, 2.24) is 10.2 Å². The van der Waals surface area contributed by atoms with Gasteiger partial charge in [-0.25, -0.2) is 0 Å².